The molecule has 1 aromatic heterocycles. The van der Waals surface area contributed by atoms with Crippen molar-refractivity contribution >= 4 is 35.0 Å². The van der Waals surface area contributed by atoms with E-state index in [1.54, 1.807) is 24.3 Å². The molecule has 34 heavy (non-hydrogen) atoms. The predicted octanol–water partition coefficient (Wildman–Crippen LogP) is 8.59. The molecule has 0 unspecified atom stereocenters. The lowest BCUT2D eigenvalue weighted by atomic mass is 9.82. The second kappa shape index (κ2) is 9.88. The summed E-state index contributed by atoms with van der Waals surface area (Å²) >= 11 is 6.27. The molecule has 4 rings (SSSR count). The van der Waals surface area contributed by atoms with Gasteiger partial charge in [-0.25, -0.2) is 4.98 Å². The molecule has 0 aliphatic heterocycles. The summed E-state index contributed by atoms with van der Waals surface area (Å²) in [5, 5.41) is 0.311. The average Bonchev–Trinajstić information content (AvgIpc) is 3.21. The van der Waals surface area contributed by atoms with E-state index in [1.807, 2.05) is 6.07 Å². The van der Waals surface area contributed by atoms with Gasteiger partial charge in [0.15, 0.2) is 0 Å². The zero-order valence-electron chi connectivity index (χ0n) is 19.0. The van der Waals surface area contributed by atoms with Gasteiger partial charge in [0.05, 0.1) is 21.6 Å². The van der Waals surface area contributed by atoms with Crippen molar-refractivity contribution in [3.8, 4) is 17.1 Å². The summed E-state index contributed by atoms with van der Waals surface area (Å²) in [6, 6.07) is 16.7. The number of nitrogens with zero attached hydrogens (tertiary/aromatic N) is 1. The summed E-state index contributed by atoms with van der Waals surface area (Å²) in [7, 11) is 0. The van der Waals surface area contributed by atoms with Crippen LogP contribution in [0.3, 0.4) is 0 Å². The van der Waals surface area contributed by atoms with Gasteiger partial charge in [-0.2, -0.15) is 13.2 Å². The largest absolute Gasteiger partial charge is 0.487 e. The Bertz CT molecular complexity index is 1300. The van der Waals surface area contributed by atoms with Gasteiger partial charge >= 0.3 is 6.18 Å². The maximum atomic E-state index is 13.3. The van der Waals surface area contributed by atoms with Crippen LogP contribution in [0.4, 0.5) is 13.2 Å². The molecule has 1 heterocycles. The Morgan fingerprint density at radius 1 is 1.00 bits per heavy atom. The van der Waals surface area contributed by atoms with Gasteiger partial charge in [0.25, 0.3) is 0 Å². The van der Waals surface area contributed by atoms with E-state index < -0.39 is 11.7 Å². The number of rotatable bonds is 6. The Kier molecular flexibility index (Phi) is 7.53. The molecule has 0 saturated heterocycles. The summed E-state index contributed by atoms with van der Waals surface area (Å²) in [6.45, 7) is 6.30. The minimum absolute atomic E-state index is 0. The van der Waals surface area contributed by atoms with Crippen molar-refractivity contribution in [1.82, 2.24) is 9.97 Å². The lowest BCUT2D eigenvalue weighted by Gasteiger charge is -2.23. The molecule has 180 valence electrons. The van der Waals surface area contributed by atoms with Crippen LogP contribution in [0.1, 0.15) is 43.9 Å². The Balaban J connectivity index is 0.00000324. The SMILES string of the molecule is CCC(C)(C)c1ccc2nc(-c3ccc(Cl)c(OCc4ccccc4C(F)(F)F)c3)[nH]c2c1.Cl. The quantitative estimate of drug-likeness (QED) is 0.283. The Hall–Kier alpha value is -2.70. The molecule has 3 nitrogen and oxygen atoms in total. The van der Waals surface area contributed by atoms with Crippen LogP contribution in [0.25, 0.3) is 22.4 Å². The molecule has 0 spiro atoms. The van der Waals surface area contributed by atoms with E-state index in [4.69, 9.17) is 16.3 Å². The monoisotopic (exact) mass is 508 g/mol. The molecule has 1 N–H and O–H groups in total. The number of alkyl halides is 3. The van der Waals surface area contributed by atoms with Gasteiger partial charge in [-0.1, -0.05) is 56.6 Å². The first kappa shape index (κ1) is 25.9. The highest BCUT2D eigenvalue weighted by atomic mass is 35.5. The molecule has 0 bridgehead atoms. The van der Waals surface area contributed by atoms with Gasteiger partial charge in [-0.15, -0.1) is 12.4 Å². The third kappa shape index (κ3) is 5.34. The van der Waals surface area contributed by atoms with E-state index in [2.05, 4.69) is 42.9 Å². The van der Waals surface area contributed by atoms with E-state index in [-0.39, 0.29) is 30.0 Å². The number of imidazole rings is 1. The molecule has 0 saturated carbocycles. The summed E-state index contributed by atoms with van der Waals surface area (Å²) in [5.74, 6) is 0.924. The lowest BCUT2D eigenvalue weighted by molar-refractivity contribution is -0.138. The van der Waals surface area contributed by atoms with Gasteiger partial charge < -0.3 is 9.72 Å². The number of hydrogen-bond donors (Lipinski definition) is 1. The molecule has 0 atom stereocenters. The number of fused-ring (bicyclic) bond motifs is 1. The first-order chi connectivity index (χ1) is 15.6. The van der Waals surface area contributed by atoms with E-state index in [0.717, 1.165) is 29.1 Å². The Labute approximate surface area is 207 Å². The Morgan fingerprint density at radius 2 is 1.74 bits per heavy atom. The number of halogens is 5. The van der Waals surface area contributed by atoms with Crippen molar-refractivity contribution in [3.05, 3.63) is 82.4 Å². The fourth-order valence-corrected chi connectivity index (χ4v) is 3.78. The van der Waals surface area contributed by atoms with Crippen molar-refractivity contribution < 1.29 is 17.9 Å². The van der Waals surface area contributed by atoms with Crippen molar-refractivity contribution in [2.45, 2.75) is 45.4 Å². The first-order valence-electron chi connectivity index (χ1n) is 10.7. The highest BCUT2D eigenvalue weighted by molar-refractivity contribution is 6.32. The van der Waals surface area contributed by atoms with Gasteiger partial charge in [-0.3, -0.25) is 0 Å². The van der Waals surface area contributed by atoms with Crippen molar-refractivity contribution in [2.24, 2.45) is 0 Å². The van der Waals surface area contributed by atoms with Crippen LogP contribution in [0.5, 0.6) is 5.75 Å². The second-order valence-corrected chi connectivity index (χ2v) is 9.05. The van der Waals surface area contributed by atoms with Crippen LogP contribution in [-0.4, -0.2) is 9.97 Å². The van der Waals surface area contributed by atoms with Gasteiger partial charge in [0.1, 0.15) is 18.2 Å². The van der Waals surface area contributed by atoms with Crippen LogP contribution < -0.4 is 4.74 Å². The molecular formula is C26H25Cl2F3N2O. The fraction of sp³-hybridized carbons (Fsp3) is 0.269. The van der Waals surface area contributed by atoms with E-state index in [9.17, 15) is 13.2 Å². The highest BCUT2D eigenvalue weighted by Gasteiger charge is 2.33. The van der Waals surface area contributed by atoms with Crippen molar-refractivity contribution in [1.29, 1.82) is 0 Å². The number of benzene rings is 3. The van der Waals surface area contributed by atoms with E-state index in [1.165, 1.54) is 17.7 Å². The third-order valence-corrected chi connectivity index (χ3v) is 6.37. The number of aromatic nitrogens is 2. The van der Waals surface area contributed by atoms with E-state index in [0.29, 0.717) is 16.6 Å². The molecule has 3 aromatic carbocycles. The van der Waals surface area contributed by atoms with Crippen LogP contribution in [0, 0.1) is 0 Å². The highest BCUT2D eigenvalue weighted by Crippen LogP contribution is 2.35. The maximum Gasteiger partial charge on any atom is 0.416 e. The molecule has 0 amide bonds. The third-order valence-electron chi connectivity index (χ3n) is 6.06. The number of hydrogen-bond acceptors (Lipinski definition) is 2. The van der Waals surface area contributed by atoms with Gasteiger partial charge in [0, 0.05) is 11.1 Å². The summed E-state index contributed by atoms with van der Waals surface area (Å²) in [6.07, 6.45) is -3.44. The minimum atomic E-state index is -4.45. The minimum Gasteiger partial charge on any atom is -0.487 e. The molecule has 0 aliphatic carbocycles. The van der Waals surface area contributed by atoms with E-state index >= 15 is 0 Å². The average molecular weight is 509 g/mol. The van der Waals surface area contributed by atoms with Crippen LogP contribution in [0.2, 0.25) is 5.02 Å². The van der Waals surface area contributed by atoms with Crippen LogP contribution in [-0.2, 0) is 18.2 Å². The summed E-state index contributed by atoms with van der Waals surface area (Å²) in [5.41, 5.74) is 3.06. The molecule has 0 radical (unpaired) electrons. The number of H-pyrrole nitrogens is 1. The molecular weight excluding hydrogens is 484 g/mol. The predicted molar refractivity (Wildman–Crippen MR) is 133 cm³/mol. The summed E-state index contributed by atoms with van der Waals surface area (Å²) in [4.78, 5) is 8.00. The smallest absolute Gasteiger partial charge is 0.416 e. The zero-order valence-corrected chi connectivity index (χ0v) is 20.5. The Morgan fingerprint density at radius 3 is 2.44 bits per heavy atom. The molecule has 0 aliphatic rings. The van der Waals surface area contributed by atoms with Crippen LogP contribution >= 0.6 is 24.0 Å². The number of aromatic amines is 1. The number of ether oxygens (including phenoxy) is 1. The second-order valence-electron chi connectivity index (χ2n) is 8.64. The topological polar surface area (TPSA) is 37.9 Å². The fourth-order valence-electron chi connectivity index (χ4n) is 3.61. The standard InChI is InChI=1S/C26H24ClF3N2O.ClH/c1-4-25(2,3)18-10-12-21-22(14-18)32-24(31-21)16-9-11-20(27)23(13-16)33-15-17-7-5-6-8-19(17)26(28,29)30;/h5-14H,4,15H2,1-3H3,(H,31,32);1H. The first-order valence-corrected chi connectivity index (χ1v) is 11.0. The zero-order chi connectivity index (χ0) is 23.8. The number of nitrogens with one attached hydrogen (secondary N) is 1. The molecule has 0 fully saturated rings. The normalized spacial score (nSPS) is 12.0. The van der Waals surface area contributed by atoms with Crippen molar-refractivity contribution in [2.75, 3.05) is 0 Å². The lowest BCUT2D eigenvalue weighted by Crippen LogP contribution is -2.15. The van der Waals surface area contributed by atoms with Crippen LogP contribution in [0.15, 0.2) is 60.7 Å². The molecule has 8 heteroatoms. The van der Waals surface area contributed by atoms with Gasteiger partial charge in [0.2, 0.25) is 0 Å². The summed E-state index contributed by atoms with van der Waals surface area (Å²) < 4.78 is 45.5. The van der Waals surface area contributed by atoms with Gasteiger partial charge in [-0.05, 0) is 53.8 Å². The van der Waals surface area contributed by atoms with Crippen molar-refractivity contribution in [3.63, 3.8) is 0 Å². The maximum absolute atomic E-state index is 13.3. The molecule has 4 aromatic rings.